The monoisotopic (exact) mass is 362 g/mol. The third kappa shape index (κ3) is 6.74. The predicted molar refractivity (Wildman–Crippen MR) is 99.0 cm³/mol. The molecule has 0 aliphatic heterocycles. The largest absolute Gasteiger partial charge is 0.508 e. The van der Waals surface area contributed by atoms with Crippen molar-refractivity contribution in [1.82, 2.24) is 0 Å². The molecule has 0 aliphatic rings. The Kier molecular flexibility index (Phi) is 9.82. The third-order valence-electron chi connectivity index (χ3n) is 3.75. The van der Waals surface area contributed by atoms with Crippen molar-refractivity contribution in [1.29, 1.82) is 0 Å². The SMILES string of the molecule is COc1cc(C=O)c(O)c(CCCO)c1.OCCCc1ccccc1O. The second kappa shape index (κ2) is 11.9. The number of aliphatic hydroxyl groups is 2. The lowest BCUT2D eigenvalue weighted by molar-refractivity contribution is 0.112. The van der Waals surface area contributed by atoms with Crippen LogP contribution in [0, 0.1) is 0 Å². The zero-order valence-electron chi connectivity index (χ0n) is 14.9. The van der Waals surface area contributed by atoms with E-state index in [0.29, 0.717) is 42.6 Å². The van der Waals surface area contributed by atoms with Crippen LogP contribution in [0.25, 0.3) is 0 Å². The number of aryl methyl sites for hydroxylation is 2. The molecule has 0 saturated heterocycles. The minimum atomic E-state index is -0.0285. The number of aliphatic hydroxyl groups excluding tert-OH is 2. The summed E-state index contributed by atoms with van der Waals surface area (Å²) < 4.78 is 5.00. The van der Waals surface area contributed by atoms with Gasteiger partial charge in [-0.3, -0.25) is 4.79 Å². The zero-order chi connectivity index (χ0) is 19.4. The smallest absolute Gasteiger partial charge is 0.153 e. The molecule has 2 aromatic carbocycles. The summed E-state index contributed by atoms with van der Waals surface area (Å²) in [4.78, 5) is 10.7. The van der Waals surface area contributed by atoms with Gasteiger partial charge in [-0.2, -0.15) is 0 Å². The highest BCUT2D eigenvalue weighted by atomic mass is 16.5. The Morgan fingerprint density at radius 1 is 0.962 bits per heavy atom. The molecular weight excluding hydrogens is 336 g/mol. The van der Waals surface area contributed by atoms with E-state index in [-0.39, 0.29) is 24.5 Å². The number of benzene rings is 2. The molecule has 4 N–H and O–H groups in total. The van der Waals surface area contributed by atoms with Gasteiger partial charge in [0.25, 0.3) is 0 Å². The average Bonchev–Trinajstić information content (AvgIpc) is 2.67. The molecule has 2 rings (SSSR count). The first-order valence-electron chi connectivity index (χ1n) is 8.41. The van der Waals surface area contributed by atoms with Gasteiger partial charge in [0.15, 0.2) is 6.29 Å². The maximum Gasteiger partial charge on any atom is 0.153 e. The van der Waals surface area contributed by atoms with E-state index in [0.717, 1.165) is 12.0 Å². The predicted octanol–water partition coefficient (Wildman–Crippen LogP) is 2.46. The van der Waals surface area contributed by atoms with Crippen LogP contribution in [0.5, 0.6) is 17.2 Å². The molecule has 0 spiro atoms. The van der Waals surface area contributed by atoms with E-state index in [9.17, 15) is 15.0 Å². The summed E-state index contributed by atoms with van der Waals surface area (Å²) in [5.41, 5.74) is 1.73. The standard InChI is InChI=1S/C11H14O4.C9H12O2/c1-15-10-5-8(3-2-4-12)11(14)9(6-10)7-13;10-7-3-5-8-4-1-2-6-9(8)11/h5-7,12,14H,2-4H2,1H3;1-2,4,6,10-11H,3,5,7H2. The van der Waals surface area contributed by atoms with Gasteiger partial charge in [0.2, 0.25) is 0 Å². The number of phenols is 2. The van der Waals surface area contributed by atoms with E-state index in [1.807, 2.05) is 12.1 Å². The molecule has 0 unspecified atom stereocenters. The first-order chi connectivity index (χ1) is 12.6. The first-order valence-corrected chi connectivity index (χ1v) is 8.41. The van der Waals surface area contributed by atoms with Gasteiger partial charge in [-0.15, -0.1) is 0 Å². The highest BCUT2D eigenvalue weighted by Gasteiger charge is 2.09. The second-order valence-electron chi connectivity index (χ2n) is 5.63. The van der Waals surface area contributed by atoms with E-state index in [1.54, 1.807) is 18.2 Å². The molecule has 0 aliphatic carbocycles. The molecule has 6 nitrogen and oxygen atoms in total. The van der Waals surface area contributed by atoms with Crippen molar-refractivity contribution in [2.24, 2.45) is 0 Å². The lowest BCUT2D eigenvalue weighted by Crippen LogP contribution is -1.95. The van der Waals surface area contributed by atoms with Crippen LogP contribution < -0.4 is 4.74 Å². The van der Waals surface area contributed by atoms with Crippen LogP contribution in [0.15, 0.2) is 36.4 Å². The summed E-state index contributed by atoms with van der Waals surface area (Å²) in [6, 6.07) is 10.3. The Labute approximate surface area is 153 Å². The van der Waals surface area contributed by atoms with Gasteiger partial charge >= 0.3 is 0 Å². The van der Waals surface area contributed by atoms with Crippen LogP contribution in [0.1, 0.15) is 34.3 Å². The third-order valence-corrected chi connectivity index (χ3v) is 3.75. The molecule has 2 aromatic rings. The summed E-state index contributed by atoms with van der Waals surface area (Å²) in [5, 5.41) is 36.1. The molecule has 6 heteroatoms. The number of aromatic hydroxyl groups is 2. The van der Waals surface area contributed by atoms with Crippen molar-refractivity contribution in [3.8, 4) is 17.2 Å². The van der Waals surface area contributed by atoms with Crippen molar-refractivity contribution in [2.45, 2.75) is 25.7 Å². The van der Waals surface area contributed by atoms with Gasteiger partial charge in [0.05, 0.1) is 12.7 Å². The highest BCUT2D eigenvalue weighted by molar-refractivity contribution is 5.81. The van der Waals surface area contributed by atoms with Crippen molar-refractivity contribution < 1.29 is 30.0 Å². The van der Waals surface area contributed by atoms with Crippen LogP contribution in [-0.2, 0) is 12.8 Å². The maximum atomic E-state index is 10.7. The van der Waals surface area contributed by atoms with Crippen molar-refractivity contribution in [3.63, 3.8) is 0 Å². The number of aldehydes is 1. The summed E-state index contributed by atoms with van der Waals surface area (Å²) in [7, 11) is 1.50. The fourth-order valence-electron chi connectivity index (χ4n) is 2.35. The van der Waals surface area contributed by atoms with Crippen molar-refractivity contribution in [2.75, 3.05) is 20.3 Å². The summed E-state index contributed by atoms with van der Waals surface area (Å²) in [5.74, 6) is 0.822. The Hall–Kier alpha value is -2.57. The van der Waals surface area contributed by atoms with Gasteiger partial charge in [-0.05, 0) is 55.0 Å². The van der Waals surface area contributed by atoms with Gasteiger partial charge in [0, 0.05) is 13.2 Å². The van der Waals surface area contributed by atoms with Crippen LogP contribution in [-0.4, -0.2) is 47.0 Å². The van der Waals surface area contributed by atoms with Gasteiger partial charge in [0.1, 0.15) is 17.2 Å². The molecule has 142 valence electrons. The van der Waals surface area contributed by atoms with Crippen molar-refractivity contribution in [3.05, 3.63) is 53.1 Å². The molecule has 0 fully saturated rings. The van der Waals surface area contributed by atoms with E-state index >= 15 is 0 Å². The van der Waals surface area contributed by atoms with Crippen LogP contribution in [0.3, 0.4) is 0 Å². The molecule has 0 atom stereocenters. The lowest BCUT2D eigenvalue weighted by atomic mass is 10.0. The Morgan fingerprint density at radius 2 is 1.58 bits per heavy atom. The minimum absolute atomic E-state index is 0.0285. The van der Waals surface area contributed by atoms with Crippen LogP contribution in [0.2, 0.25) is 0 Å². The lowest BCUT2D eigenvalue weighted by Gasteiger charge is -2.08. The molecule has 0 heterocycles. The number of rotatable bonds is 8. The fraction of sp³-hybridized carbons (Fsp3) is 0.350. The topological polar surface area (TPSA) is 107 Å². The fourth-order valence-corrected chi connectivity index (χ4v) is 2.35. The van der Waals surface area contributed by atoms with Crippen LogP contribution >= 0.6 is 0 Å². The van der Waals surface area contributed by atoms with Crippen molar-refractivity contribution >= 4 is 6.29 Å². The number of para-hydroxylation sites is 1. The molecule has 0 aromatic heterocycles. The van der Waals surface area contributed by atoms with Crippen LogP contribution in [0.4, 0.5) is 0 Å². The Balaban J connectivity index is 0.000000273. The summed E-state index contributed by atoms with van der Waals surface area (Å²) in [6.07, 6.45) is 3.08. The number of hydrogen-bond acceptors (Lipinski definition) is 6. The van der Waals surface area contributed by atoms with Gasteiger partial charge in [-0.1, -0.05) is 18.2 Å². The summed E-state index contributed by atoms with van der Waals surface area (Å²) in [6.45, 7) is 0.224. The Bertz CT molecular complexity index is 684. The number of methoxy groups -OCH3 is 1. The van der Waals surface area contributed by atoms with E-state index in [1.165, 1.54) is 13.2 Å². The van der Waals surface area contributed by atoms with Gasteiger partial charge < -0.3 is 25.2 Å². The zero-order valence-corrected chi connectivity index (χ0v) is 14.9. The molecule has 26 heavy (non-hydrogen) atoms. The van der Waals surface area contributed by atoms with E-state index < -0.39 is 0 Å². The molecule has 0 radical (unpaired) electrons. The first kappa shape index (κ1) is 21.5. The minimum Gasteiger partial charge on any atom is -0.508 e. The second-order valence-corrected chi connectivity index (χ2v) is 5.63. The molecule has 0 bridgehead atoms. The number of hydrogen-bond donors (Lipinski definition) is 4. The highest BCUT2D eigenvalue weighted by Crippen LogP contribution is 2.28. The number of phenolic OH excluding ortho intramolecular Hbond substituents is 2. The quantitative estimate of drug-likeness (QED) is 0.538. The van der Waals surface area contributed by atoms with Gasteiger partial charge in [-0.25, -0.2) is 0 Å². The van der Waals surface area contributed by atoms with E-state index in [4.69, 9.17) is 14.9 Å². The average molecular weight is 362 g/mol. The molecule has 0 saturated carbocycles. The molecule has 0 amide bonds. The Morgan fingerprint density at radius 3 is 2.12 bits per heavy atom. The molecular formula is C20H26O6. The number of carbonyl (C=O) groups is 1. The van der Waals surface area contributed by atoms with E-state index in [2.05, 4.69) is 0 Å². The number of ether oxygens (including phenoxy) is 1. The normalized spacial score (nSPS) is 9.96. The summed E-state index contributed by atoms with van der Waals surface area (Å²) >= 11 is 0. The number of carbonyl (C=O) groups excluding carboxylic acids is 1. The maximum absolute atomic E-state index is 10.7.